The van der Waals surface area contributed by atoms with Gasteiger partial charge in [0.05, 0.1) is 17.6 Å². The first-order valence-corrected chi connectivity index (χ1v) is 4.75. The summed E-state index contributed by atoms with van der Waals surface area (Å²) < 4.78 is 42.5. The Morgan fingerprint density at radius 1 is 1.39 bits per heavy atom. The van der Waals surface area contributed by atoms with E-state index in [-0.39, 0.29) is 5.56 Å². The number of rotatable bonds is 3. The van der Waals surface area contributed by atoms with Gasteiger partial charge in [0, 0.05) is 6.07 Å². The van der Waals surface area contributed by atoms with Crippen molar-refractivity contribution in [1.29, 1.82) is 0 Å². The Balaban J connectivity index is 3.58. The van der Waals surface area contributed by atoms with Gasteiger partial charge in [0.25, 0.3) is 5.69 Å². The number of non-ortho nitro benzene ring substituents is 1. The molecule has 0 aliphatic carbocycles. The second-order valence-electron chi connectivity index (χ2n) is 3.53. The van der Waals surface area contributed by atoms with Gasteiger partial charge < -0.3 is 17.7 Å². The Morgan fingerprint density at radius 3 is 2.33 bits per heavy atom. The molecule has 0 saturated heterocycles. The van der Waals surface area contributed by atoms with E-state index < -0.39 is 34.6 Å². The molecule has 0 N–H and O–H groups in total. The predicted octanol–water partition coefficient (Wildman–Crippen LogP) is 1.74. The minimum Gasteiger partial charge on any atom is -0.465 e. The van der Waals surface area contributed by atoms with Gasteiger partial charge in [0.1, 0.15) is 0 Å². The maximum atomic E-state index is 12.7. The van der Waals surface area contributed by atoms with Crippen LogP contribution in [0.4, 0.5) is 18.6 Å². The maximum Gasteiger partial charge on any atom is 0.510 e. The molecule has 0 amide bonds. The third-order valence-corrected chi connectivity index (χ3v) is 2.40. The van der Waals surface area contributed by atoms with Crippen LogP contribution in [0, 0.1) is 17.0 Å². The van der Waals surface area contributed by atoms with Gasteiger partial charge in [0.15, 0.2) is 0 Å². The molecular weight excluding hydrogens is 254 g/mol. The first-order valence-electron chi connectivity index (χ1n) is 4.75. The zero-order valence-electron chi connectivity index (χ0n) is 9.45. The number of carbonyl (C=O) groups is 1. The van der Waals surface area contributed by atoms with Crippen LogP contribution in [-0.4, -0.2) is 25.0 Å². The van der Waals surface area contributed by atoms with Crippen molar-refractivity contribution in [3.63, 3.8) is 0 Å². The van der Waals surface area contributed by atoms with E-state index in [0.29, 0.717) is 6.07 Å². The first-order chi connectivity index (χ1) is 8.18. The van der Waals surface area contributed by atoms with Crippen molar-refractivity contribution >= 4 is 24.1 Å². The molecule has 0 aliphatic rings. The topological polar surface area (TPSA) is 69.4 Å². The molecule has 0 aromatic heterocycles. The molecule has 0 saturated carbocycles. The average molecular weight is 262 g/mol. The van der Waals surface area contributed by atoms with Gasteiger partial charge in [-0.05, 0) is 13.0 Å². The van der Waals surface area contributed by atoms with E-state index in [1.807, 2.05) is 0 Å². The van der Waals surface area contributed by atoms with Gasteiger partial charge in [-0.15, -0.1) is 0 Å². The quantitative estimate of drug-likeness (QED) is 0.360. The molecule has 0 atom stereocenters. The molecule has 0 spiro atoms. The Morgan fingerprint density at radius 2 is 1.94 bits per heavy atom. The zero-order chi connectivity index (χ0) is 14.1. The molecule has 0 bridgehead atoms. The molecule has 1 rings (SSSR count). The SMILES string of the molecule is COC(=O)c1cc([N+](=O)[O-])cc([B-](F)(F)F)c1C. The fourth-order valence-corrected chi connectivity index (χ4v) is 1.49. The van der Waals surface area contributed by atoms with E-state index in [0.717, 1.165) is 20.1 Å². The van der Waals surface area contributed by atoms with Crippen LogP contribution in [0.3, 0.4) is 0 Å². The van der Waals surface area contributed by atoms with Gasteiger partial charge in [-0.2, -0.15) is 0 Å². The molecule has 5 nitrogen and oxygen atoms in total. The third-order valence-electron chi connectivity index (χ3n) is 2.40. The number of nitrogens with zero attached hydrogens (tertiary/aromatic N) is 1. The molecule has 0 heterocycles. The highest BCUT2D eigenvalue weighted by Crippen LogP contribution is 2.21. The van der Waals surface area contributed by atoms with Gasteiger partial charge in [-0.1, -0.05) is 11.0 Å². The molecule has 0 aliphatic heterocycles. The van der Waals surface area contributed by atoms with Crippen LogP contribution in [0.5, 0.6) is 0 Å². The molecule has 1 aromatic rings. The Labute approximate surface area is 99.8 Å². The highest BCUT2D eigenvalue weighted by Gasteiger charge is 2.31. The summed E-state index contributed by atoms with van der Waals surface area (Å²) in [7, 11) is 0.985. The van der Waals surface area contributed by atoms with Gasteiger partial charge >= 0.3 is 12.9 Å². The summed E-state index contributed by atoms with van der Waals surface area (Å²) in [4.78, 5) is 20.8. The van der Waals surface area contributed by atoms with E-state index in [1.165, 1.54) is 0 Å². The number of esters is 1. The summed E-state index contributed by atoms with van der Waals surface area (Å²) in [6, 6.07) is 1.19. The second-order valence-corrected chi connectivity index (χ2v) is 3.53. The lowest BCUT2D eigenvalue weighted by molar-refractivity contribution is -0.384. The summed E-state index contributed by atoms with van der Waals surface area (Å²) in [6.07, 6.45) is 0. The fourth-order valence-electron chi connectivity index (χ4n) is 1.49. The molecule has 18 heavy (non-hydrogen) atoms. The largest absolute Gasteiger partial charge is 0.510 e. The molecule has 9 heteroatoms. The minimum atomic E-state index is -5.44. The lowest BCUT2D eigenvalue weighted by atomic mass is 9.75. The van der Waals surface area contributed by atoms with E-state index >= 15 is 0 Å². The molecule has 98 valence electrons. The number of methoxy groups -OCH3 is 1. The smallest absolute Gasteiger partial charge is 0.465 e. The number of nitro benzene ring substituents is 1. The number of nitro groups is 1. The molecule has 1 aromatic carbocycles. The van der Waals surface area contributed by atoms with E-state index in [1.54, 1.807) is 0 Å². The summed E-state index contributed by atoms with van der Waals surface area (Å²) in [6.45, 7) is -4.37. The van der Waals surface area contributed by atoms with Gasteiger partial charge in [-0.3, -0.25) is 10.1 Å². The number of carbonyl (C=O) groups excluding carboxylic acids is 1. The number of halogens is 3. The van der Waals surface area contributed by atoms with Crippen LogP contribution >= 0.6 is 0 Å². The standard InChI is InChI=1S/C9H8BF3NO4/c1-5-7(9(15)18-2)3-6(14(16)17)4-8(5)10(11,12)13/h3-4H,1-2H3/q-1. The van der Waals surface area contributed by atoms with Crippen molar-refractivity contribution < 1.29 is 27.4 Å². The summed E-state index contributed by atoms with van der Waals surface area (Å²) >= 11 is 0. The third kappa shape index (κ3) is 2.61. The second kappa shape index (κ2) is 4.67. The van der Waals surface area contributed by atoms with Crippen LogP contribution in [-0.2, 0) is 4.74 Å². The van der Waals surface area contributed by atoms with Crippen LogP contribution in [0.15, 0.2) is 12.1 Å². The lowest BCUT2D eigenvalue weighted by Crippen LogP contribution is -2.37. The molecule has 0 fully saturated rings. The van der Waals surface area contributed by atoms with Crippen LogP contribution in [0.25, 0.3) is 0 Å². The monoisotopic (exact) mass is 262 g/mol. The van der Waals surface area contributed by atoms with Crippen molar-refractivity contribution in [2.24, 2.45) is 0 Å². The van der Waals surface area contributed by atoms with Gasteiger partial charge in [-0.25, -0.2) is 4.79 Å². The minimum absolute atomic E-state index is 0.375. The highest BCUT2D eigenvalue weighted by atomic mass is 19.4. The van der Waals surface area contributed by atoms with Gasteiger partial charge in [0.2, 0.25) is 0 Å². The van der Waals surface area contributed by atoms with Crippen molar-refractivity contribution in [1.82, 2.24) is 0 Å². The lowest BCUT2D eigenvalue weighted by Gasteiger charge is -2.19. The maximum absolute atomic E-state index is 12.7. The number of benzene rings is 1. The Bertz CT molecular complexity index is 515. The number of hydrogen-bond acceptors (Lipinski definition) is 4. The predicted molar refractivity (Wildman–Crippen MR) is 57.9 cm³/mol. The van der Waals surface area contributed by atoms with E-state index in [2.05, 4.69) is 4.74 Å². The van der Waals surface area contributed by atoms with Crippen molar-refractivity contribution in [2.45, 2.75) is 6.92 Å². The van der Waals surface area contributed by atoms with E-state index in [4.69, 9.17) is 0 Å². The van der Waals surface area contributed by atoms with Crippen LogP contribution < -0.4 is 5.46 Å². The van der Waals surface area contributed by atoms with Crippen molar-refractivity contribution in [3.8, 4) is 0 Å². The van der Waals surface area contributed by atoms with Crippen LogP contribution in [0.2, 0.25) is 0 Å². The molecule has 0 unspecified atom stereocenters. The number of hydrogen-bond donors (Lipinski definition) is 0. The zero-order valence-corrected chi connectivity index (χ0v) is 9.45. The first kappa shape index (κ1) is 14.0. The highest BCUT2D eigenvalue weighted by molar-refractivity contribution is 6.74. The van der Waals surface area contributed by atoms with Crippen LogP contribution in [0.1, 0.15) is 15.9 Å². The van der Waals surface area contributed by atoms with Crippen molar-refractivity contribution in [2.75, 3.05) is 7.11 Å². The van der Waals surface area contributed by atoms with Crippen molar-refractivity contribution in [3.05, 3.63) is 33.4 Å². The summed E-state index contributed by atoms with van der Waals surface area (Å²) in [5.74, 6) is -1.04. The Hall–Kier alpha value is -2.06. The average Bonchev–Trinajstić information content (AvgIpc) is 2.26. The molecular formula is C9H8BF3NO4-. The number of ether oxygens (including phenoxy) is 1. The fraction of sp³-hybridized carbons (Fsp3) is 0.222. The normalized spacial score (nSPS) is 11.2. The summed E-state index contributed by atoms with van der Waals surface area (Å²) in [5.41, 5.74) is -2.79. The van der Waals surface area contributed by atoms with E-state index in [9.17, 15) is 27.9 Å². The summed E-state index contributed by atoms with van der Waals surface area (Å²) in [5, 5.41) is 10.5. The Kier molecular flexibility index (Phi) is 3.63. The molecule has 0 radical (unpaired) electrons.